The van der Waals surface area contributed by atoms with E-state index in [2.05, 4.69) is 5.10 Å². The molecule has 2 aromatic rings. The molecular formula is C22H24N2O5. The summed E-state index contributed by atoms with van der Waals surface area (Å²) in [5.41, 5.74) is 3.57. The fourth-order valence-electron chi connectivity index (χ4n) is 3.48. The lowest BCUT2D eigenvalue weighted by atomic mass is 9.96. The highest BCUT2D eigenvalue weighted by atomic mass is 16.5. The van der Waals surface area contributed by atoms with Crippen molar-refractivity contribution in [3.05, 3.63) is 59.2 Å². The van der Waals surface area contributed by atoms with E-state index in [1.54, 1.807) is 20.3 Å². The van der Waals surface area contributed by atoms with Gasteiger partial charge in [-0.25, -0.2) is 5.01 Å². The summed E-state index contributed by atoms with van der Waals surface area (Å²) in [5, 5.41) is 14.9. The number of nitrogens with zero attached hydrogens (tertiary/aromatic N) is 2. The highest BCUT2D eigenvalue weighted by molar-refractivity contribution is 6.03. The van der Waals surface area contributed by atoms with Crippen LogP contribution in [0.4, 0.5) is 0 Å². The molecular weight excluding hydrogens is 372 g/mol. The van der Waals surface area contributed by atoms with E-state index in [0.717, 1.165) is 22.4 Å². The second-order valence-electron chi connectivity index (χ2n) is 6.85. The van der Waals surface area contributed by atoms with Gasteiger partial charge in [-0.3, -0.25) is 9.59 Å². The van der Waals surface area contributed by atoms with Crippen LogP contribution in [0.25, 0.3) is 0 Å². The first-order chi connectivity index (χ1) is 13.9. The van der Waals surface area contributed by atoms with Crippen molar-refractivity contribution in [1.82, 2.24) is 5.01 Å². The van der Waals surface area contributed by atoms with Crippen LogP contribution >= 0.6 is 0 Å². The maximum atomic E-state index is 12.8. The maximum absolute atomic E-state index is 12.8. The van der Waals surface area contributed by atoms with Crippen LogP contribution in [-0.4, -0.2) is 41.9 Å². The second kappa shape index (κ2) is 8.77. The molecule has 152 valence electrons. The first-order valence-corrected chi connectivity index (χ1v) is 9.33. The van der Waals surface area contributed by atoms with Gasteiger partial charge in [0.2, 0.25) is 5.91 Å². The SMILES string of the molecule is COc1cccc(C2CC(c3cccc(C)c3)=NN2C(=O)CCC(=O)O)c1OC. The summed E-state index contributed by atoms with van der Waals surface area (Å²) >= 11 is 0. The number of hydrogen-bond acceptors (Lipinski definition) is 5. The van der Waals surface area contributed by atoms with Gasteiger partial charge in [0.25, 0.3) is 0 Å². The summed E-state index contributed by atoms with van der Waals surface area (Å²) in [5.74, 6) is -0.260. The van der Waals surface area contributed by atoms with Gasteiger partial charge < -0.3 is 14.6 Å². The van der Waals surface area contributed by atoms with Gasteiger partial charge in [-0.15, -0.1) is 0 Å². The van der Waals surface area contributed by atoms with Gasteiger partial charge in [0.1, 0.15) is 0 Å². The molecule has 0 saturated carbocycles. The van der Waals surface area contributed by atoms with Crippen LogP contribution in [0, 0.1) is 6.92 Å². The van der Waals surface area contributed by atoms with Crippen molar-refractivity contribution in [2.75, 3.05) is 14.2 Å². The van der Waals surface area contributed by atoms with Crippen molar-refractivity contribution < 1.29 is 24.2 Å². The number of benzene rings is 2. The van der Waals surface area contributed by atoms with Crippen molar-refractivity contribution in [3.63, 3.8) is 0 Å². The van der Waals surface area contributed by atoms with Crippen molar-refractivity contribution in [3.8, 4) is 11.5 Å². The van der Waals surface area contributed by atoms with Crippen molar-refractivity contribution in [2.24, 2.45) is 5.10 Å². The van der Waals surface area contributed by atoms with Gasteiger partial charge in [0.05, 0.1) is 32.4 Å². The molecule has 1 aliphatic heterocycles. The van der Waals surface area contributed by atoms with E-state index in [1.165, 1.54) is 5.01 Å². The van der Waals surface area contributed by atoms with Crippen LogP contribution in [-0.2, 0) is 9.59 Å². The van der Waals surface area contributed by atoms with Crippen molar-refractivity contribution >= 4 is 17.6 Å². The highest BCUT2D eigenvalue weighted by Gasteiger charge is 2.35. The summed E-state index contributed by atoms with van der Waals surface area (Å²) in [4.78, 5) is 23.7. The third-order valence-electron chi connectivity index (χ3n) is 4.86. The number of carbonyl (C=O) groups is 2. The van der Waals surface area contributed by atoms with E-state index in [1.807, 2.05) is 43.3 Å². The smallest absolute Gasteiger partial charge is 0.303 e. The molecule has 1 amide bonds. The van der Waals surface area contributed by atoms with E-state index >= 15 is 0 Å². The van der Waals surface area contributed by atoms with Gasteiger partial charge in [0.15, 0.2) is 11.5 Å². The zero-order chi connectivity index (χ0) is 21.0. The number of hydrogen-bond donors (Lipinski definition) is 1. The van der Waals surface area contributed by atoms with Crippen molar-refractivity contribution in [2.45, 2.75) is 32.2 Å². The lowest BCUT2D eigenvalue weighted by Gasteiger charge is -2.24. The van der Waals surface area contributed by atoms with Gasteiger partial charge in [-0.1, -0.05) is 42.0 Å². The Labute approximate surface area is 169 Å². The zero-order valence-electron chi connectivity index (χ0n) is 16.7. The molecule has 1 atom stereocenters. The van der Waals surface area contributed by atoms with Gasteiger partial charge in [-0.05, 0) is 18.6 Å². The Morgan fingerprint density at radius 2 is 1.90 bits per heavy atom. The molecule has 1 unspecified atom stereocenters. The van der Waals surface area contributed by atoms with Crippen molar-refractivity contribution in [1.29, 1.82) is 0 Å². The molecule has 1 N–H and O–H groups in total. The Balaban J connectivity index is 2.01. The number of aliphatic carboxylic acids is 1. The molecule has 0 fully saturated rings. The Hall–Kier alpha value is -3.35. The van der Waals surface area contributed by atoms with E-state index in [0.29, 0.717) is 17.9 Å². The number of hydrazone groups is 1. The standard InChI is InChI=1S/C22H24N2O5/c1-14-6-4-7-15(12-14)17-13-18(24(23-17)20(25)10-11-21(26)27)16-8-5-9-19(28-2)22(16)29-3/h4-9,12,18H,10-11,13H2,1-3H3,(H,26,27). The first-order valence-electron chi connectivity index (χ1n) is 9.33. The molecule has 1 heterocycles. The molecule has 0 radical (unpaired) electrons. The summed E-state index contributed by atoms with van der Waals surface area (Å²) < 4.78 is 11.0. The fourth-order valence-corrected chi connectivity index (χ4v) is 3.48. The average Bonchev–Trinajstić information content (AvgIpc) is 3.16. The summed E-state index contributed by atoms with van der Waals surface area (Å²) in [7, 11) is 3.11. The lowest BCUT2D eigenvalue weighted by Crippen LogP contribution is -2.27. The first kappa shape index (κ1) is 20.4. The molecule has 0 spiro atoms. The Morgan fingerprint density at radius 3 is 2.55 bits per heavy atom. The van der Waals surface area contributed by atoms with Crippen LogP contribution < -0.4 is 9.47 Å². The topological polar surface area (TPSA) is 88.4 Å². The Kier molecular flexibility index (Phi) is 6.16. The van der Waals surface area contributed by atoms with Crippen LogP contribution in [0.1, 0.15) is 42.0 Å². The van der Waals surface area contributed by atoms with Crippen LogP contribution in [0.5, 0.6) is 11.5 Å². The molecule has 0 aromatic heterocycles. The van der Waals surface area contributed by atoms with Gasteiger partial charge >= 0.3 is 5.97 Å². The number of para-hydroxylation sites is 1. The van der Waals surface area contributed by atoms with E-state index in [-0.39, 0.29) is 18.7 Å². The molecule has 7 heteroatoms. The summed E-state index contributed by atoms with van der Waals surface area (Å²) in [6.07, 6.45) is 0.126. The van der Waals surface area contributed by atoms with E-state index < -0.39 is 12.0 Å². The molecule has 0 saturated heterocycles. The highest BCUT2D eigenvalue weighted by Crippen LogP contribution is 2.42. The number of carbonyl (C=O) groups excluding carboxylic acids is 1. The summed E-state index contributed by atoms with van der Waals surface area (Å²) in [6, 6.07) is 13.0. The molecule has 0 aliphatic carbocycles. The molecule has 1 aliphatic rings. The predicted molar refractivity (Wildman–Crippen MR) is 108 cm³/mol. The zero-order valence-corrected chi connectivity index (χ0v) is 16.7. The predicted octanol–water partition coefficient (Wildman–Crippen LogP) is 3.55. The normalized spacial score (nSPS) is 15.8. The third kappa shape index (κ3) is 4.39. The maximum Gasteiger partial charge on any atom is 0.303 e. The molecule has 7 nitrogen and oxygen atoms in total. The number of aryl methyl sites for hydroxylation is 1. The minimum atomic E-state index is -1.02. The van der Waals surface area contributed by atoms with Crippen LogP contribution in [0.2, 0.25) is 0 Å². The average molecular weight is 396 g/mol. The number of methoxy groups -OCH3 is 2. The summed E-state index contributed by atoms with van der Waals surface area (Å²) in [6.45, 7) is 2.00. The number of carboxylic acids is 1. The second-order valence-corrected chi connectivity index (χ2v) is 6.85. The molecule has 29 heavy (non-hydrogen) atoms. The molecule has 2 aromatic carbocycles. The monoisotopic (exact) mass is 396 g/mol. The quantitative estimate of drug-likeness (QED) is 0.773. The minimum Gasteiger partial charge on any atom is -0.493 e. The Bertz CT molecular complexity index is 954. The largest absolute Gasteiger partial charge is 0.493 e. The van der Waals surface area contributed by atoms with Gasteiger partial charge in [-0.2, -0.15) is 5.10 Å². The number of amides is 1. The van der Waals surface area contributed by atoms with E-state index in [9.17, 15) is 9.59 Å². The number of ether oxygens (including phenoxy) is 2. The fraction of sp³-hybridized carbons (Fsp3) is 0.318. The number of rotatable bonds is 7. The molecule has 0 bridgehead atoms. The van der Waals surface area contributed by atoms with Crippen LogP contribution in [0.15, 0.2) is 47.6 Å². The molecule has 3 rings (SSSR count). The Morgan fingerprint density at radius 1 is 1.14 bits per heavy atom. The lowest BCUT2D eigenvalue weighted by molar-refractivity contribution is -0.141. The van der Waals surface area contributed by atoms with Crippen LogP contribution in [0.3, 0.4) is 0 Å². The third-order valence-corrected chi connectivity index (χ3v) is 4.86. The minimum absolute atomic E-state index is 0.122. The number of carboxylic acid groups (broad SMARTS) is 1. The van der Waals surface area contributed by atoms with E-state index in [4.69, 9.17) is 14.6 Å². The van der Waals surface area contributed by atoms with Gasteiger partial charge in [0, 0.05) is 18.4 Å².